The molecule has 0 saturated carbocycles. The Labute approximate surface area is 191 Å². The SMILES string of the molecule is CN(CCN(C)C(=O)O)Cc1cn(C2CCCCO2)nc1C1=CCC2(CCCOC2)CC1. The molecule has 1 N–H and O–H groups in total. The van der Waals surface area contributed by atoms with Gasteiger partial charge in [-0.15, -0.1) is 0 Å². The molecule has 1 spiro atoms. The van der Waals surface area contributed by atoms with Gasteiger partial charge in [-0.05, 0) is 69.4 Å². The molecule has 2 unspecified atom stereocenters. The van der Waals surface area contributed by atoms with Gasteiger partial charge < -0.3 is 24.4 Å². The zero-order valence-electron chi connectivity index (χ0n) is 19.6. The van der Waals surface area contributed by atoms with E-state index in [0.29, 0.717) is 18.5 Å². The van der Waals surface area contributed by atoms with E-state index >= 15 is 0 Å². The van der Waals surface area contributed by atoms with Crippen molar-refractivity contribution in [3.8, 4) is 0 Å². The molecule has 2 atom stereocenters. The second kappa shape index (κ2) is 10.4. The van der Waals surface area contributed by atoms with Gasteiger partial charge in [0.15, 0.2) is 0 Å². The van der Waals surface area contributed by atoms with Crippen LogP contribution in [0.4, 0.5) is 4.79 Å². The third-order valence-corrected chi connectivity index (χ3v) is 7.26. The Morgan fingerprint density at radius 2 is 2.12 bits per heavy atom. The number of hydrogen-bond donors (Lipinski definition) is 1. The number of ether oxygens (including phenoxy) is 2. The van der Waals surface area contributed by atoms with E-state index in [4.69, 9.17) is 19.7 Å². The summed E-state index contributed by atoms with van der Waals surface area (Å²) in [5.41, 5.74) is 3.93. The number of aromatic nitrogens is 2. The zero-order chi connectivity index (χ0) is 22.6. The fraction of sp³-hybridized carbons (Fsp3) is 0.750. The summed E-state index contributed by atoms with van der Waals surface area (Å²) in [7, 11) is 3.65. The van der Waals surface area contributed by atoms with Crippen LogP contribution in [0.1, 0.15) is 68.9 Å². The average molecular weight is 447 g/mol. The van der Waals surface area contributed by atoms with Gasteiger partial charge in [0.05, 0.1) is 12.3 Å². The first kappa shape index (κ1) is 23.3. The molecule has 2 saturated heterocycles. The molecule has 32 heavy (non-hydrogen) atoms. The van der Waals surface area contributed by atoms with Crippen LogP contribution in [0.2, 0.25) is 0 Å². The summed E-state index contributed by atoms with van der Waals surface area (Å²) in [4.78, 5) is 14.6. The molecule has 8 heteroatoms. The molecule has 2 fully saturated rings. The van der Waals surface area contributed by atoms with Crippen LogP contribution in [0.5, 0.6) is 0 Å². The highest BCUT2D eigenvalue weighted by Gasteiger charge is 2.35. The topological polar surface area (TPSA) is 80.1 Å². The van der Waals surface area contributed by atoms with Crippen LogP contribution in [0, 0.1) is 5.41 Å². The number of rotatable bonds is 7. The van der Waals surface area contributed by atoms with Crippen LogP contribution in [-0.4, -0.2) is 77.8 Å². The molecule has 0 bridgehead atoms. The Morgan fingerprint density at radius 1 is 1.25 bits per heavy atom. The fourth-order valence-corrected chi connectivity index (χ4v) is 5.11. The third kappa shape index (κ3) is 5.53. The van der Waals surface area contributed by atoms with Crippen molar-refractivity contribution in [3.05, 3.63) is 23.5 Å². The minimum absolute atomic E-state index is 0.0157. The number of amides is 1. The summed E-state index contributed by atoms with van der Waals surface area (Å²) in [6.45, 7) is 4.47. The Morgan fingerprint density at radius 3 is 2.78 bits per heavy atom. The van der Waals surface area contributed by atoms with Gasteiger partial charge in [0.2, 0.25) is 0 Å². The first-order chi connectivity index (χ1) is 15.5. The van der Waals surface area contributed by atoms with E-state index in [1.807, 2.05) is 11.7 Å². The minimum Gasteiger partial charge on any atom is -0.465 e. The Hall–Kier alpha value is -1.90. The monoisotopic (exact) mass is 446 g/mol. The van der Waals surface area contributed by atoms with Gasteiger partial charge in [0, 0.05) is 51.7 Å². The maximum absolute atomic E-state index is 11.1. The highest BCUT2D eigenvalue weighted by molar-refractivity contribution is 5.66. The minimum atomic E-state index is -0.894. The van der Waals surface area contributed by atoms with Crippen molar-refractivity contribution < 1.29 is 19.4 Å². The fourth-order valence-electron chi connectivity index (χ4n) is 5.11. The summed E-state index contributed by atoms with van der Waals surface area (Å²) in [6.07, 6.45) is 12.6. The van der Waals surface area contributed by atoms with Crippen molar-refractivity contribution >= 4 is 11.7 Å². The van der Waals surface area contributed by atoms with Crippen molar-refractivity contribution in [1.29, 1.82) is 0 Å². The third-order valence-electron chi connectivity index (χ3n) is 7.26. The molecular weight excluding hydrogens is 408 g/mol. The average Bonchev–Trinajstić information content (AvgIpc) is 3.22. The van der Waals surface area contributed by atoms with E-state index in [2.05, 4.69) is 17.2 Å². The van der Waals surface area contributed by atoms with Gasteiger partial charge in [-0.25, -0.2) is 9.48 Å². The van der Waals surface area contributed by atoms with E-state index in [1.54, 1.807) is 7.05 Å². The molecule has 1 amide bonds. The van der Waals surface area contributed by atoms with Gasteiger partial charge in [0.1, 0.15) is 6.23 Å². The second-order valence-corrected chi connectivity index (χ2v) is 9.84. The van der Waals surface area contributed by atoms with Crippen molar-refractivity contribution in [3.63, 3.8) is 0 Å². The molecule has 4 rings (SSSR count). The van der Waals surface area contributed by atoms with E-state index < -0.39 is 6.09 Å². The normalized spacial score (nSPS) is 26.3. The van der Waals surface area contributed by atoms with Crippen LogP contribution < -0.4 is 0 Å². The maximum atomic E-state index is 11.1. The largest absolute Gasteiger partial charge is 0.465 e. The molecule has 1 aromatic rings. The first-order valence-corrected chi connectivity index (χ1v) is 12.1. The molecule has 2 aliphatic heterocycles. The standard InChI is InChI=1S/C24H38N4O4/c1-26(12-13-27(2)23(29)30)16-20-17-28(21-6-3-4-15-32-21)25-22(20)19-7-10-24(11-8-19)9-5-14-31-18-24/h7,17,21H,3-6,8-16,18H2,1-2H3,(H,29,30). The highest BCUT2D eigenvalue weighted by Crippen LogP contribution is 2.44. The number of nitrogens with zero attached hydrogens (tertiary/aromatic N) is 4. The van der Waals surface area contributed by atoms with Crippen LogP contribution in [0.25, 0.3) is 5.57 Å². The summed E-state index contributed by atoms with van der Waals surface area (Å²) < 4.78 is 13.8. The number of hydrogen-bond acceptors (Lipinski definition) is 5. The number of allylic oxidation sites excluding steroid dienone is 2. The quantitative estimate of drug-likeness (QED) is 0.682. The number of carboxylic acid groups (broad SMARTS) is 1. The van der Waals surface area contributed by atoms with Crippen molar-refractivity contribution in [2.24, 2.45) is 5.41 Å². The molecular formula is C24H38N4O4. The summed E-state index contributed by atoms with van der Waals surface area (Å²) >= 11 is 0. The van der Waals surface area contributed by atoms with E-state index in [0.717, 1.165) is 70.6 Å². The Bertz CT molecular complexity index is 809. The molecule has 3 aliphatic rings. The highest BCUT2D eigenvalue weighted by atomic mass is 16.5. The molecule has 178 valence electrons. The van der Waals surface area contributed by atoms with Crippen LogP contribution in [0.3, 0.4) is 0 Å². The van der Waals surface area contributed by atoms with Crippen LogP contribution >= 0.6 is 0 Å². The molecule has 1 aromatic heterocycles. The van der Waals surface area contributed by atoms with Crippen molar-refractivity contribution in [2.75, 3.05) is 47.0 Å². The predicted octanol–water partition coefficient (Wildman–Crippen LogP) is 3.99. The molecule has 0 radical (unpaired) electrons. The van der Waals surface area contributed by atoms with Crippen LogP contribution in [-0.2, 0) is 16.0 Å². The first-order valence-electron chi connectivity index (χ1n) is 12.1. The van der Waals surface area contributed by atoms with Gasteiger partial charge >= 0.3 is 6.09 Å². The molecule has 3 heterocycles. The lowest BCUT2D eigenvalue weighted by molar-refractivity contribution is -0.0396. The van der Waals surface area contributed by atoms with Gasteiger partial charge in [-0.1, -0.05) is 6.08 Å². The number of likely N-dealkylation sites (N-methyl/N-ethyl adjacent to an activating group) is 2. The summed E-state index contributed by atoms with van der Waals surface area (Å²) in [5.74, 6) is 0. The zero-order valence-corrected chi connectivity index (χ0v) is 19.6. The van der Waals surface area contributed by atoms with Gasteiger partial charge in [0.25, 0.3) is 0 Å². The van der Waals surface area contributed by atoms with Crippen LogP contribution in [0.15, 0.2) is 12.3 Å². The number of carbonyl (C=O) groups is 1. The summed E-state index contributed by atoms with van der Waals surface area (Å²) in [5, 5.41) is 14.1. The lowest BCUT2D eigenvalue weighted by Crippen LogP contribution is -2.34. The van der Waals surface area contributed by atoms with Crippen molar-refractivity contribution in [1.82, 2.24) is 19.6 Å². The molecule has 1 aliphatic carbocycles. The molecule has 8 nitrogen and oxygen atoms in total. The van der Waals surface area contributed by atoms with E-state index in [1.165, 1.54) is 28.9 Å². The predicted molar refractivity (Wildman–Crippen MR) is 122 cm³/mol. The van der Waals surface area contributed by atoms with Crippen molar-refractivity contribution in [2.45, 2.75) is 64.1 Å². The summed E-state index contributed by atoms with van der Waals surface area (Å²) in [6, 6.07) is 0. The van der Waals surface area contributed by atoms with Gasteiger partial charge in [-0.3, -0.25) is 0 Å². The second-order valence-electron chi connectivity index (χ2n) is 9.84. The van der Waals surface area contributed by atoms with Gasteiger partial charge in [-0.2, -0.15) is 5.10 Å². The van der Waals surface area contributed by atoms with E-state index in [-0.39, 0.29) is 6.23 Å². The Kier molecular flexibility index (Phi) is 7.53. The molecule has 0 aromatic carbocycles. The van der Waals surface area contributed by atoms with E-state index in [9.17, 15) is 4.79 Å². The lowest BCUT2D eigenvalue weighted by Gasteiger charge is -2.39. The smallest absolute Gasteiger partial charge is 0.407 e. The Balaban J connectivity index is 1.50. The lowest BCUT2D eigenvalue weighted by atomic mass is 9.71. The maximum Gasteiger partial charge on any atom is 0.407 e.